The molecule has 5 rings (SSSR count). The van der Waals surface area contributed by atoms with E-state index in [0.717, 1.165) is 0 Å². The molecule has 0 radical (unpaired) electrons. The van der Waals surface area contributed by atoms with Gasteiger partial charge in [-0.3, -0.25) is 14.5 Å². The van der Waals surface area contributed by atoms with Crippen molar-refractivity contribution in [3.8, 4) is 5.75 Å². The number of ether oxygens (including phenoxy) is 1. The molecule has 2 heterocycles. The van der Waals surface area contributed by atoms with E-state index < -0.39 is 17.8 Å². The molecule has 0 saturated heterocycles. The van der Waals surface area contributed by atoms with Crippen LogP contribution in [0.25, 0.3) is 11.0 Å². The van der Waals surface area contributed by atoms with E-state index in [9.17, 15) is 14.0 Å². The summed E-state index contributed by atoms with van der Waals surface area (Å²) in [5.41, 5.74) is 0.859. The highest BCUT2D eigenvalue weighted by molar-refractivity contribution is 6.10. The maximum atomic E-state index is 14.9. The Kier molecular flexibility index (Phi) is 4.55. The van der Waals surface area contributed by atoms with Gasteiger partial charge in [-0.05, 0) is 49.4 Å². The zero-order valence-corrected chi connectivity index (χ0v) is 16.7. The summed E-state index contributed by atoms with van der Waals surface area (Å²) in [6, 6.07) is 18.8. The summed E-state index contributed by atoms with van der Waals surface area (Å²) < 4.78 is 26.2. The molecule has 1 aliphatic heterocycles. The summed E-state index contributed by atoms with van der Waals surface area (Å²) >= 11 is 0. The number of para-hydroxylation sites is 1. The number of carbonyl (C=O) groups is 1. The highest BCUT2D eigenvalue weighted by Gasteiger charge is 2.44. The molecular formula is C25H18FNO4. The van der Waals surface area contributed by atoms with Crippen LogP contribution in [0.4, 0.5) is 10.1 Å². The highest BCUT2D eigenvalue weighted by atomic mass is 19.1. The second kappa shape index (κ2) is 7.40. The normalized spacial score (nSPS) is 15.4. The molecule has 1 aromatic heterocycles. The first kappa shape index (κ1) is 19.1. The van der Waals surface area contributed by atoms with Crippen LogP contribution in [0, 0.1) is 5.82 Å². The van der Waals surface area contributed by atoms with Crippen LogP contribution < -0.4 is 15.1 Å². The summed E-state index contributed by atoms with van der Waals surface area (Å²) in [4.78, 5) is 28.2. The lowest BCUT2D eigenvalue weighted by molar-refractivity contribution is 0.0970. The monoisotopic (exact) mass is 415 g/mol. The van der Waals surface area contributed by atoms with Gasteiger partial charge in [0.25, 0.3) is 5.91 Å². The van der Waals surface area contributed by atoms with Crippen LogP contribution in [0.2, 0.25) is 0 Å². The number of hydrogen-bond donors (Lipinski definition) is 0. The standard InChI is InChI=1S/C25H18FNO4/c1-2-30-16-13-11-15(12-14-16)27-22(17-7-3-5-9-19(17)26)21-23(28)18-8-4-6-10-20(18)31-24(21)25(27)29/h3-14,22H,2H2,1H3. The van der Waals surface area contributed by atoms with E-state index in [2.05, 4.69) is 0 Å². The average Bonchev–Trinajstić information content (AvgIpc) is 3.07. The molecule has 0 saturated carbocycles. The van der Waals surface area contributed by atoms with Crippen LogP contribution >= 0.6 is 0 Å². The first-order valence-corrected chi connectivity index (χ1v) is 9.96. The van der Waals surface area contributed by atoms with E-state index in [1.807, 2.05) is 6.92 Å². The third-order valence-corrected chi connectivity index (χ3v) is 5.40. The van der Waals surface area contributed by atoms with E-state index in [-0.39, 0.29) is 22.3 Å². The first-order valence-electron chi connectivity index (χ1n) is 9.96. The van der Waals surface area contributed by atoms with Gasteiger partial charge in [0.05, 0.1) is 23.6 Å². The minimum absolute atomic E-state index is 0.0640. The van der Waals surface area contributed by atoms with Gasteiger partial charge in [-0.15, -0.1) is 0 Å². The quantitative estimate of drug-likeness (QED) is 0.466. The van der Waals surface area contributed by atoms with Crippen LogP contribution in [0.1, 0.15) is 34.6 Å². The summed E-state index contributed by atoms with van der Waals surface area (Å²) in [7, 11) is 0. The largest absolute Gasteiger partial charge is 0.494 e. The fourth-order valence-corrected chi connectivity index (χ4v) is 4.05. The molecule has 0 aliphatic carbocycles. The number of fused-ring (bicyclic) bond motifs is 2. The number of nitrogens with zero attached hydrogens (tertiary/aromatic N) is 1. The molecule has 154 valence electrons. The fraction of sp³-hybridized carbons (Fsp3) is 0.120. The molecule has 3 aromatic carbocycles. The number of rotatable bonds is 4. The lowest BCUT2D eigenvalue weighted by atomic mass is 9.98. The molecule has 0 fully saturated rings. The van der Waals surface area contributed by atoms with Gasteiger partial charge >= 0.3 is 0 Å². The summed E-state index contributed by atoms with van der Waals surface area (Å²) in [6.45, 7) is 2.39. The van der Waals surface area contributed by atoms with Gasteiger partial charge in [-0.25, -0.2) is 4.39 Å². The number of amides is 1. The Morgan fingerprint density at radius 2 is 1.68 bits per heavy atom. The van der Waals surface area contributed by atoms with Crippen LogP contribution in [-0.4, -0.2) is 12.5 Å². The molecule has 0 bridgehead atoms. The maximum Gasteiger partial charge on any atom is 0.295 e. The predicted octanol–water partition coefficient (Wildman–Crippen LogP) is 5.08. The second-order valence-electron chi connectivity index (χ2n) is 7.20. The molecular weight excluding hydrogens is 397 g/mol. The van der Waals surface area contributed by atoms with Crippen LogP contribution in [0.15, 0.2) is 82.0 Å². The lowest BCUT2D eigenvalue weighted by Crippen LogP contribution is -2.30. The molecule has 1 atom stereocenters. The van der Waals surface area contributed by atoms with Crippen molar-refractivity contribution in [3.05, 3.63) is 106 Å². The molecule has 1 amide bonds. The average molecular weight is 415 g/mol. The maximum absolute atomic E-state index is 14.9. The fourth-order valence-electron chi connectivity index (χ4n) is 4.05. The molecule has 6 heteroatoms. The van der Waals surface area contributed by atoms with Crippen molar-refractivity contribution in [3.63, 3.8) is 0 Å². The first-order chi connectivity index (χ1) is 15.1. The molecule has 4 aromatic rings. The van der Waals surface area contributed by atoms with E-state index in [1.54, 1.807) is 66.7 Å². The highest BCUT2D eigenvalue weighted by Crippen LogP contribution is 2.42. The third-order valence-electron chi connectivity index (χ3n) is 5.40. The van der Waals surface area contributed by atoms with Crippen molar-refractivity contribution < 1.29 is 18.3 Å². The smallest absolute Gasteiger partial charge is 0.295 e. The predicted molar refractivity (Wildman–Crippen MR) is 115 cm³/mol. The number of anilines is 1. The van der Waals surface area contributed by atoms with Gasteiger partial charge in [0.15, 0.2) is 5.43 Å². The summed E-state index contributed by atoms with van der Waals surface area (Å²) in [6.07, 6.45) is 0. The van der Waals surface area contributed by atoms with Gasteiger partial charge in [0.2, 0.25) is 5.76 Å². The number of benzene rings is 3. The van der Waals surface area contributed by atoms with Crippen molar-refractivity contribution in [2.24, 2.45) is 0 Å². The number of halogens is 1. The minimum Gasteiger partial charge on any atom is -0.494 e. The van der Waals surface area contributed by atoms with Crippen LogP contribution in [0.3, 0.4) is 0 Å². The molecule has 0 N–H and O–H groups in total. The Labute approximate surface area is 177 Å². The van der Waals surface area contributed by atoms with Gasteiger partial charge in [-0.2, -0.15) is 0 Å². The van der Waals surface area contributed by atoms with E-state index in [0.29, 0.717) is 29.0 Å². The van der Waals surface area contributed by atoms with Crippen molar-refractivity contribution >= 4 is 22.6 Å². The molecule has 1 aliphatic rings. The van der Waals surface area contributed by atoms with Crippen LogP contribution in [-0.2, 0) is 0 Å². The van der Waals surface area contributed by atoms with Gasteiger partial charge < -0.3 is 9.15 Å². The molecule has 31 heavy (non-hydrogen) atoms. The number of hydrogen-bond acceptors (Lipinski definition) is 4. The Hall–Kier alpha value is -3.93. The zero-order valence-electron chi connectivity index (χ0n) is 16.7. The van der Waals surface area contributed by atoms with Crippen molar-refractivity contribution in [1.82, 2.24) is 0 Å². The number of carbonyl (C=O) groups excluding carboxylic acids is 1. The lowest BCUT2D eigenvalue weighted by Gasteiger charge is -2.25. The molecule has 0 spiro atoms. The Morgan fingerprint density at radius 1 is 0.968 bits per heavy atom. The van der Waals surface area contributed by atoms with E-state index in [1.165, 1.54) is 11.0 Å². The summed E-state index contributed by atoms with van der Waals surface area (Å²) in [5.74, 6) is -0.407. The SMILES string of the molecule is CCOc1ccc(N2C(=O)c3oc4ccccc4c(=O)c3C2c2ccccc2F)cc1. The van der Waals surface area contributed by atoms with Crippen LogP contribution in [0.5, 0.6) is 5.75 Å². The van der Waals surface area contributed by atoms with Crippen molar-refractivity contribution in [2.45, 2.75) is 13.0 Å². The third kappa shape index (κ3) is 2.99. The Balaban J connectivity index is 1.76. The van der Waals surface area contributed by atoms with Crippen molar-refractivity contribution in [1.29, 1.82) is 0 Å². The zero-order chi connectivity index (χ0) is 21.5. The van der Waals surface area contributed by atoms with Gasteiger partial charge in [0.1, 0.15) is 17.1 Å². The van der Waals surface area contributed by atoms with E-state index >= 15 is 0 Å². The van der Waals surface area contributed by atoms with Gasteiger partial charge in [-0.1, -0.05) is 30.3 Å². The van der Waals surface area contributed by atoms with E-state index in [4.69, 9.17) is 9.15 Å². The topological polar surface area (TPSA) is 59.8 Å². The summed E-state index contributed by atoms with van der Waals surface area (Å²) in [5, 5.41) is 0.351. The Morgan fingerprint density at radius 3 is 2.42 bits per heavy atom. The van der Waals surface area contributed by atoms with Crippen molar-refractivity contribution in [2.75, 3.05) is 11.5 Å². The van der Waals surface area contributed by atoms with Gasteiger partial charge in [0, 0.05) is 11.3 Å². The molecule has 5 nitrogen and oxygen atoms in total. The molecule has 1 unspecified atom stereocenters. The Bertz CT molecular complexity index is 1360. The second-order valence-corrected chi connectivity index (χ2v) is 7.20. The minimum atomic E-state index is -0.942.